The monoisotopic (exact) mass is 402 g/mol. The number of anilines is 1. The lowest BCUT2D eigenvalue weighted by Crippen LogP contribution is -2.49. The Hall–Kier alpha value is -3.41. The fraction of sp³-hybridized carbons (Fsp3) is 0.292. The molecule has 6 heteroatoms. The third-order valence-electron chi connectivity index (χ3n) is 5.56. The second-order valence-corrected chi connectivity index (χ2v) is 7.43. The van der Waals surface area contributed by atoms with Gasteiger partial charge in [0.25, 0.3) is 0 Å². The fourth-order valence-electron chi connectivity index (χ4n) is 3.84. The van der Waals surface area contributed by atoms with Gasteiger partial charge in [0.15, 0.2) is 0 Å². The molecule has 30 heavy (non-hydrogen) atoms. The van der Waals surface area contributed by atoms with Crippen molar-refractivity contribution in [2.75, 3.05) is 38.2 Å². The van der Waals surface area contributed by atoms with E-state index in [9.17, 15) is 4.79 Å². The van der Waals surface area contributed by atoms with Gasteiger partial charge in [-0.15, -0.1) is 0 Å². The molecule has 0 N–H and O–H groups in total. The highest BCUT2D eigenvalue weighted by molar-refractivity contribution is 5.80. The number of piperazine rings is 1. The van der Waals surface area contributed by atoms with Gasteiger partial charge in [0.2, 0.25) is 5.91 Å². The summed E-state index contributed by atoms with van der Waals surface area (Å²) in [5, 5.41) is 0. The Kier molecular flexibility index (Phi) is 5.93. The summed E-state index contributed by atoms with van der Waals surface area (Å²) in [6.45, 7) is 4.95. The average Bonchev–Trinajstić information content (AvgIpc) is 2.80. The molecule has 1 aliphatic heterocycles. The molecule has 0 saturated carbocycles. The highest BCUT2D eigenvalue weighted by atomic mass is 16.5. The maximum Gasteiger partial charge on any atom is 0.227 e. The Balaban J connectivity index is 1.41. The third-order valence-corrected chi connectivity index (χ3v) is 5.56. The van der Waals surface area contributed by atoms with Crippen LogP contribution in [0.3, 0.4) is 0 Å². The van der Waals surface area contributed by atoms with Gasteiger partial charge in [-0.25, -0.2) is 9.97 Å². The normalized spacial score (nSPS) is 13.9. The van der Waals surface area contributed by atoms with Gasteiger partial charge >= 0.3 is 0 Å². The first kappa shape index (κ1) is 19.9. The van der Waals surface area contributed by atoms with Crippen LogP contribution < -0.4 is 9.64 Å². The van der Waals surface area contributed by atoms with Gasteiger partial charge < -0.3 is 14.5 Å². The quantitative estimate of drug-likeness (QED) is 0.655. The number of hydrogen-bond acceptors (Lipinski definition) is 5. The molecular weight excluding hydrogens is 376 g/mol. The largest absolute Gasteiger partial charge is 0.496 e. The van der Waals surface area contributed by atoms with Crippen molar-refractivity contribution in [2.24, 2.45) is 0 Å². The molecule has 1 fully saturated rings. The summed E-state index contributed by atoms with van der Waals surface area (Å²) in [5.41, 5.74) is 4.15. The van der Waals surface area contributed by atoms with E-state index in [1.807, 2.05) is 47.4 Å². The van der Waals surface area contributed by atoms with Gasteiger partial charge in [-0.05, 0) is 18.6 Å². The molecule has 1 aromatic heterocycles. The first-order chi connectivity index (χ1) is 14.7. The zero-order valence-electron chi connectivity index (χ0n) is 17.4. The number of aromatic nitrogens is 2. The summed E-state index contributed by atoms with van der Waals surface area (Å²) < 4.78 is 5.37. The molecule has 4 rings (SSSR count). The molecule has 0 bridgehead atoms. The molecule has 0 aliphatic carbocycles. The second kappa shape index (κ2) is 8.95. The maximum absolute atomic E-state index is 12.8. The zero-order valence-corrected chi connectivity index (χ0v) is 17.4. The Labute approximate surface area is 177 Å². The molecule has 0 spiro atoms. The van der Waals surface area contributed by atoms with E-state index >= 15 is 0 Å². The van der Waals surface area contributed by atoms with E-state index in [4.69, 9.17) is 4.74 Å². The highest BCUT2D eigenvalue weighted by Gasteiger charge is 2.23. The molecule has 154 valence electrons. The summed E-state index contributed by atoms with van der Waals surface area (Å²) in [5.74, 6) is 1.79. The summed E-state index contributed by atoms with van der Waals surface area (Å²) in [4.78, 5) is 25.9. The summed E-state index contributed by atoms with van der Waals surface area (Å²) in [6, 6.07) is 17.9. The number of amides is 1. The van der Waals surface area contributed by atoms with Gasteiger partial charge in [0, 0.05) is 43.4 Å². The van der Waals surface area contributed by atoms with Crippen LogP contribution >= 0.6 is 0 Å². The fourth-order valence-corrected chi connectivity index (χ4v) is 3.84. The lowest BCUT2D eigenvalue weighted by atomic mass is 10.1. The van der Waals surface area contributed by atoms with Crippen molar-refractivity contribution < 1.29 is 9.53 Å². The minimum absolute atomic E-state index is 0.127. The van der Waals surface area contributed by atoms with Gasteiger partial charge in [0.05, 0.1) is 19.2 Å². The van der Waals surface area contributed by atoms with Crippen LogP contribution in [0.4, 0.5) is 5.82 Å². The SMILES string of the molecule is COc1ccccc1CC(=O)N1CCN(c2cc(-c3ccccc3C)ncn2)CC1. The molecule has 3 aromatic rings. The summed E-state index contributed by atoms with van der Waals surface area (Å²) in [6.07, 6.45) is 1.98. The van der Waals surface area contributed by atoms with Gasteiger partial charge in [-0.3, -0.25) is 4.79 Å². The molecule has 1 aliphatic rings. The van der Waals surface area contributed by atoms with Crippen LogP contribution in [0.1, 0.15) is 11.1 Å². The van der Waals surface area contributed by atoms with Crippen molar-refractivity contribution in [1.29, 1.82) is 0 Å². The van der Waals surface area contributed by atoms with Crippen molar-refractivity contribution in [3.8, 4) is 17.0 Å². The Morgan fingerprint density at radius 1 is 1.00 bits per heavy atom. The molecule has 0 unspecified atom stereocenters. The number of para-hydroxylation sites is 1. The molecule has 2 aromatic carbocycles. The molecule has 1 amide bonds. The van der Waals surface area contributed by atoms with Crippen molar-refractivity contribution in [2.45, 2.75) is 13.3 Å². The van der Waals surface area contributed by atoms with E-state index in [1.54, 1.807) is 13.4 Å². The van der Waals surface area contributed by atoms with E-state index in [-0.39, 0.29) is 5.91 Å². The molecule has 1 saturated heterocycles. The van der Waals surface area contributed by atoms with Crippen molar-refractivity contribution in [3.05, 3.63) is 72.1 Å². The summed E-state index contributed by atoms with van der Waals surface area (Å²) >= 11 is 0. The maximum atomic E-state index is 12.8. The number of carbonyl (C=O) groups is 1. The van der Waals surface area contributed by atoms with Crippen LogP contribution in [0.15, 0.2) is 60.9 Å². The lowest BCUT2D eigenvalue weighted by Gasteiger charge is -2.35. The van der Waals surface area contributed by atoms with Gasteiger partial charge in [-0.1, -0.05) is 42.5 Å². The van der Waals surface area contributed by atoms with E-state index in [1.165, 1.54) is 5.56 Å². The number of hydrogen-bond donors (Lipinski definition) is 0. The predicted octanol–water partition coefficient (Wildman–Crippen LogP) is 3.35. The minimum Gasteiger partial charge on any atom is -0.496 e. The Bertz CT molecular complexity index is 1030. The van der Waals surface area contributed by atoms with Gasteiger partial charge in [-0.2, -0.15) is 0 Å². The average molecular weight is 402 g/mol. The zero-order chi connectivity index (χ0) is 20.9. The first-order valence-electron chi connectivity index (χ1n) is 10.2. The van der Waals surface area contributed by atoms with Crippen LogP contribution in [-0.4, -0.2) is 54.1 Å². The second-order valence-electron chi connectivity index (χ2n) is 7.43. The molecule has 2 heterocycles. The van der Waals surface area contributed by atoms with E-state index in [0.717, 1.165) is 41.5 Å². The first-order valence-corrected chi connectivity index (χ1v) is 10.2. The third kappa shape index (κ3) is 4.27. The van der Waals surface area contributed by atoms with Crippen molar-refractivity contribution in [1.82, 2.24) is 14.9 Å². The highest BCUT2D eigenvalue weighted by Crippen LogP contribution is 2.24. The smallest absolute Gasteiger partial charge is 0.227 e. The minimum atomic E-state index is 0.127. The van der Waals surface area contributed by atoms with E-state index in [0.29, 0.717) is 19.5 Å². The summed E-state index contributed by atoms with van der Waals surface area (Å²) in [7, 11) is 1.63. The molecular formula is C24H26N4O2. The van der Waals surface area contributed by atoms with Crippen LogP contribution in [-0.2, 0) is 11.2 Å². The number of carbonyl (C=O) groups excluding carboxylic acids is 1. The molecule has 6 nitrogen and oxygen atoms in total. The molecule has 0 radical (unpaired) electrons. The van der Waals surface area contributed by atoms with Crippen LogP contribution in [0.5, 0.6) is 5.75 Å². The van der Waals surface area contributed by atoms with Crippen molar-refractivity contribution in [3.63, 3.8) is 0 Å². The number of benzene rings is 2. The number of ether oxygens (including phenoxy) is 1. The molecule has 0 atom stereocenters. The number of aryl methyl sites for hydroxylation is 1. The number of nitrogens with zero attached hydrogens (tertiary/aromatic N) is 4. The Morgan fingerprint density at radius 2 is 1.73 bits per heavy atom. The number of rotatable bonds is 5. The van der Waals surface area contributed by atoms with Gasteiger partial charge in [0.1, 0.15) is 17.9 Å². The number of methoxy groups -OCH3 is 1. The van der Waals surface area contributed by atoms with Crippen LogP contribution in [0.25, 0.3) is 11.3 Å². The Morgan fingerprint density at radius 3 is 2.50 bits per heavy atom. The van der Waals surface area contributed by atoms with Crippen LogP contribution in [0, 0.1) is 6.92 Å². The predicted molar refractivity (Wildman–Crippen MR) is 118 cm³/mol. The lowest BCUT2D eigenvalue weighted by molar-refractivity contribution is -0.130. The van der Waals surface area contributed by atoms with Crippen molar-refractivity contribution >= 4 is 11.7 Å². The van der Waals surface area contributed by atoms with E-state index in [2.05, 4.69) is 33.9 Å². The van der Waals surface area contributed by atoms with Crippen LogP contribution in [0.2, 0.25) is 0 Å². The standard InChI is InChI=1S/C24H26N4O2/c1-18-7-3-5-9-20(18)21-16-23(26-17-25-21)27-11-13-28(14-12-27)24(29)15-19-8-4-6-10-22(19)30-2/h3-10,16-17H,11-15H2,1-2H3. The topological polar surface area (TPSA) is 58.6 Å². The van der Waals surface area contributed by atoms with E-state index < -0.39 is 0 Å².